The first-order valence-electron chi connectivity index (χ1n) is 8.21. The Kier molecular flexibility index (Phi) is 7.53. The van der Waals surface area contributed by atoms with Crippen molar-refractivity contribution in [3.8, 4) is 5.75 Å². The van der Waals surface area contributed by atoms with Crippen molar-refractivity contribution >= 4 is 22.4 Å². The third-order valence-electron chi connectivity index (χ3n) is 4.59. The van der Waals surface area contributed by atoms with Crippen molar-refractivity contribution < 1.29 is 13.2 Å². The Morgan fingerprint density at radius 2 is 1.75 bits per heavy atom. The molecule has 0 bridgehead atoms. The van der Waals surface area contributed by atoms with E-state index in [9.17, 15) is 8.42 Å². The summed E-state index contributed by atoms with van der Waals surface area (Å²) < 4.78 is 33.5. The van der Waals surface area contributed by atoms with Crippen LogP contribution in [0.3, 0.4) is 0 Å². The Bertz CT molecular complexity index is 654. The Morgan fingerprint density at radius 3 is 2.29 bits per heavy atom. The van der Waals surface area contributed by atoms with Gasteiger partial charge in [0, 0.05) is 12.1 Å². The van der Waals surface area contributed by atoms with Gasteiger partial charge in [0.1, 0.15) is 10.6 Å². The van der Waals surface area contributed by atoms with Crippen LogP contribution >= 0.6 is 12.4 Å². The van der Waals surface area contributed by atoms with Crippen LogP contribution in [-0.2, 0) is 10.0 Å². The molecule has 138 valence electrons. The standard InChI is InChI=1S/C17H28N2O3S.ClH/c1-13-10-14(2)16(22-3)15(11-13)23(20,21)19-12-17(18)8-6-4-5-7-9-17;/h10-11,19H,4-9,12,18H2,1-3H3;1H. The number of aryl methyl sites for hydroxylation is 2. The van der Waals surface area contributed by atoms with E-state index >= 15 is 0 Å². The van der Waals surface area contributed by atoms with Crippen LogP contribution < -0.4 is 15.2 Å². The molecule has 1 aromatic carbocycles. The van der Waals surface area contributed by atoms with Crippen LogP contribution in [-0.4, -0.2) is 27.6 Å². The van der Waals surface area contributed by atoms with Gasteiger partial charge in [-0.05, 0) is 43.9 Å². The summed E-state index contributed by atoms with van der Waals surface area (Å²) in [7, 11) is -2.16. The summed E-state index contributed by atoms with van der Waals surface area (Å²) in [5.74, 6) is 0.398. The van der Waals surface area contributed by atoms with Gasteiger partial charge in [0.2, 0.25) is 10.0 Å². The Morgan fingerprint density at radius 1 is 1.17 bits per heavy atom. The van der Waals surface area contributed by atoms with E-state index < -0.39 is 15.6 Å². The molecule has 1 aliphatic rings. The van der Waals surface area contributed by atoms with E-state index in [0.29, 0.717) is 5.75 Å². The summed E-state index contributed by atoms with van der Waals surface area (Å²) in [6, 6.07) is 3.55. The SMILES string of the molecule is COc1c(C)cc(C)cc1S(=O)(=O)NCC1(N)CCCCCC1.Cl. The Hall–Kier alpha value is -0.820. The van der Waals surface area contributed by atoms with Crippen molar-refractivity contribution in [3.63, 3.8) is 0 Å². The maximum atomic E-state index is 12.7. The van der Waals surface area contributed by atoms with Gasteiger partial charge in [-0.2, -0.15) is 0 Å². The first-order chi connectivity index (χ1) is 10.8. The van der Waals surface area contributed by atoms with Gasteiger partial charge < -0.3 is 10.5 Å². The molecule has 1 fully saturated rings. The number of nitrogens with two attached hydrogens (primary N) is 1. The molecule has 7 heteroatoms. The average molecular weight is 377 g/mol. The van der Waals surface area contributed by atoms with Gasteiger partial charge in [-0.3, -0.25) is 0 Å². The monoisotopic (exact) mass is 376 g/mol. The molecular weight excluding hydrogens is 348 g/mol. The lowest BCUT2D eigenvalue weighted by Crippen LogP contribution is -2.49. The van der Waals surface area contributed by atoms with E-state index in [2.05, 4.69) is 4.72 Å². The highest BCUT2D eigenvalue weighted by Gasteiger charge is 2.29. The van der Waals surface area contributed by atoms with Crippen molar-refractivity contribution in [2.75, 3.05) is 13.7 Å². The number of methoxy groups -OCH3 is 1. The van der Waals surface area contributed by atoms with E-state index in [1.54, 1.807) is 6.07 Å². The summed E-state index contributed by atoms with van der Waals surface area (Å²) in [4.78, 5) is 0.190. The average Bonchev–Trinajstić information content (AvgIpc) is 2.70. The van der Waals surface area contributed by atoms with Gasteiger partial charge >= 0.3 is 0 Å². The second-order valence-electron chi connectivity index (χ2n) is 6.71. The molecule has 0 saturated heterocycles. The van der Waals surface area contributed by atoms with Crippen molar-refractivity contribution in [2.45, 2.75) is 62.8 Å². The minimum atomic E-state index is -3.65. The van der Waals surface area contributed by atoms with Gasteiger partial charge in [0.05, 0.1) is 7.11 Å². The van der Waals surface area contributed by atoms with Crippen LogP contribution in [0.15, 0.2) is 17.0 Å². The van der Waals surface area contributed by atoms with Crippen LogP contribution in [0.1, 0.15) is 49.7 Å². The molecule has 1 aromatic rings. The third kappa shape index (κ3) is 5.09. The smallest absolute Gasteiger partial charge is 0.244 e. The third-order valence-corrected chi connectivity index (χ3v) is 6.00. The van der Waals surface area contributed by atoms with Crippen molar-refractivity contribution in [1.82, 2.24) is 4.72 Å². The number of nitrogens with one attached hydrogen (secondary N) is 1. The molecule has 0 heterocycles. The van der Waals surface area contributed by atoms with Crippen molar-refractivity contribution in [1.29, 1.82) is 0 Å². The lowest BCUT2D eigenvalue weighted by Gasteiger charge is -2.28. The maximum Gasteiger partial charge on any atom is 0.244 e. The highest BCUT2D eigenvalue weighted by Crippen LogP contribution is 2.30. The normalized spacial score (nSPS) is 17.7. The van der Waals surface area contributed by atoms with Crippen molar-refractivity contribution in [3.05, 3.63) is 23.3 Å². The van der Waals surface area contributed by atoms with Crippen LogP contribution in [0.5, 0.6) is 5.75 Å². The largest absolute Gasteiger partial charge is 0.495 e. The second kappa shape index (κ2) is 8.52. The highest BCUT2D eigenvalue weighted by molar-refractivity contribution is 7.89. The minimum absolute atomic E-state index is 0. The lowest BCUT2D eigenvalue weighted by molar-refractivity contribution is 0.367. The molecule has 0 amide bonds. The van der Waals surface area contributed by atoms with Crippen molar-refractivity contribution in [2.24, 2.45) is 5.73 Å². The van der Waals surface area contributed by atoms with Gasteiger partial charge in [0.25, 0.3) is 0 Å². The van der Waals surface area contributed by atoms with Gasteiger partial charge in [-0.25, -0.2) is 13.1 Å². The number of sulfonamides is 1. The fraction of sp³-hybridized carbons (Fsp3) is 0.647. The number of rotatable bonds is 5. The highest BCUT2D eigenvalue weighted by atomic mass is 35.5. The predicted molar refractivity (Wildman–Crippen MR) is 99.5 cm³/mol. The molecule has 0 spiro atoms. The van der Waals surface area contributed by atoms with Gasteiger partial charge in [-0.1, -0.05) is 31.7 Å². The van der Waals surface area contributed by atoms with E-state index in [4.69, 9.17) is 10.5 Å². The topological polar surface area (TPSA) is 81.4 Å². The summed E-state index contributed by atoms with van der Waals surface area (Å²) in [5, 5.41) is 0. The summed E-state index contributed by atoms with van der Waals surface area (Å²) in [5.41, 5.74) is 7.67. The molecule has 1 saturated carbocycles. The molecule has 1 aliphatic carbocycles. The van der Waals surface area contributed by atoms with E-state index in [1.165, 1.54) is 20.0 Å². The summed E-state index contributed by atoms with van der Waals surface area (Å²) in [6.45, 7) is 3.99. The van der Waals surface area contributed by atoms with Gasteiger partial charge in [0.15, 0.2) is 0 Å². The van der Waals surface area contributed by atoms with Gasteiger partial charge in [-0.15, -0.1) is 12.4 Å². The number of hydrogen-bond donors (Lipinski definition) is 2. The summed E-state index contributed by atoms with van der Waals surface area (Å²) in [6.07, 6.45) is 6.20. The lowest BCUT2D eigenvalue weighted by atomic mass is 9.92. The predicted octanol–water partition coefficient (Wildman–Crippen LogP) is 3.06. The van der Waals surface area contributed by atoms with E-state index in [0.717, 1.165) is 36.8 Å². The first-order valence-corrected chi connectivity index (χ1v) is 9.69. The quantitative estimate of drug-likeness (QED) is 0.774. The zero-order chi connectivity index (χ0) is 17.1. The fourth-order valence-corrected chi connectivity index (χ4v) is 4.76. The molecule has 0 unspecified atom stereocenters. The molecule has 0 radical (unpaired) electrons. The zero-order valence-corrected chi connectivity index (χ0v) is 16.4. The van der Waals surface area contributed by atoms with Crippen LogP contribution in [0.25, 0.3) is 0 Å². The molecule has 3 N–H and O–H groups in total. The Balaban J connectivity index is 0.00000288. The molecule has 0 aromatic heterocycles. The minimum Gasteiger partial charge on any atom is -0.495 e. The van der Waals surface area contributed by atoms with E-state index in [-0.39, 0.29) is 23.8 Å². The fourth-order valence-electron chi connectivity index (χ4n) is 3.30. The van der Waals surface area contributed by atoms with E-state index in [1.807, 2.05) is 19.9 Å². The maximum absolute atomic E-state index is 12.7. The van der Waals surface area contributed by atoms with Crippen LogP contribution in [0, 0.1) is 13.8 Å². The zero-order valence-electron chi connectivity index (χ0n) is 14.7. The molecule has 24 heavy (non-hydrogen) atoms. The number of ether oxygens (including phenoxy) is 1. The van der Waals surface area contributed by atoms with Crippen LogP contribution in [0.2, 0.25) is 0 Å². The summed E-state index contributed by atoms with van der Waals surface area (Å²) >= 11 is 0. The number of hydrogen-bond acceptors (Lipinski definition) is 4. The first kappa shape index (κ1) is 21.2. The molecule has 0 aliphatic heterocycles. The second-order valence-corrected chi connectivity index (χ2v) is 8.45. The molecule has 5 nitrogen and oxygen atoms in total. The number of halogens is 1. The molecule has 0 atom stereocenters. The molecule has 2 rings (SSSR count). The van der Waals surface area contributed by atoms with Crippen LogP contribution in [0.4, 0.5) is 0 Å². The number of benzene rings is 1. The Labute approximate surface area is 151 Å². The molecular formula is C17H29ClN2O3S.